The van der Waals surface area contributed by atoms with Gasteiger partial charge in [0.2, 0.25) is 0 Å². The Morgan fingerprint density at radius 3 is 2.62 bits per heavy atom. The van der Waals surface area contributed by atoms with Gasteiger partial charge in [0.25, 0.3) is 11.5 Å². The van der Waals surface area contributed by atoms with Crippen LogP contribution in [0.25, 0.3) is 0 Å². The van der Waals surface area contributed by atoms with Crippen LogP contribution in [0.1, 0.15) is 41.4 Å². The minimum Gasteiger partial charge on any atom is -0.306 e. The van der Waals surface area contributed by atoms with Crippen LogP contribution in [0.2, 0.25) is 0 Å². The summed E-state index contributed by atoms with van der Waals surface area (Å²) in [5.41, 5.74) is 0.151. The highest BCUT2D eigenvalue weighted by atomic mass is 19.4. The molecule has 0 aromatic carbocycles. The SMILES string of the molecule is Cc1c(NC(=O)c2cccn(CC(F)(F)F)c2=O)n[nH]c1C(C)C. The highest BCUT2D eigenvalue weighted by Crippen LogP contribution is 2.22. The minimum absolute atomic E-state index is 0.156. The van der Waals surface area contributed by atoms with Gasteiger partial charge in [-0.1, -0.05) is 13.8 Å². The number of halogens is 3. The molecule has 2 aromatic heterocycles. The molecule has 24 heavy (non-hydrogen) atoms. The Balaban J connectivity index is 2.28. The van der Waals surface area contributed by atoms with Gasteiger partial charge in [-0.3, -0.25) is 14.7 Å². The molecule has 0 aliphatic carbocycles. The Labute approximate surface area is 135 Å². The van der Waals surface area contributed by atoms with Crippen LogP contribution >= 0.6 is 0 Å². The Morgan fingerprint density at radius 2 is 2.08 bits per heavy atom. The van der Waals surface area contributed by atoms with Crippen molar-refractivity contribution in [3.63, 3.8) is 0 Å². The normalized spacial score (nSPS) is 11.8. The lowest BCUT2D eigenvalue weighted by Gasteiger charge is -2.10. The molecule has 0 saturated carbocycles. The van der Waals surface area contributed by atoms with Crippen LogP contribution in [-0.2, 0) is 6.54 Å². The molecule has 0 aliphatic heterocycles. The predicted molar refractivity (Wildman–Crippen MR) is 82.1 cm³/mol. The van der Waals surface area contributed by atoms with Crippen LogP contribution in [0.3, 0.4) is 0 Å². The number of carbonyl (C=O) groups is 1. The summed E-state index contributed by atoms with van der Waals surface area (Å²) in [7, 11) is 0. The van der Waals surface area contributed by atoms with Crippen molar-refractivity contribution in [3.8, 4) is 0 Å². The lowest BCUT2D eigenvalue weighted by Crippen LogP contribution is -2.32. The van der Waals surface area contributed by atoms with E-state index in [4.69, 9.17) is 0 Å². The van der Waals surface area contributed by atoms with Crippen molar-refractivity contribution in [2.45, 2.75) is 39.4 Å². The van der Waals surface area contributed by atoms with Gasteiger partial charge in [-0.25, -0.2) is 0 Å². The number of aromatic nitrogens is 3. The summed E-state index contributed by atoms with van der Waals surface area (Å²) < 4.78 is 37.8. The van der Waals surface area contributed by atoms with Crippen LogP contribution in [0.5, 0.6) is 0 Å². The summed E-state index contributed by atoms with van der Waals surface area (Å²) in [5.74, 6) is -0.403. The van der Waals surface area contributed by atoms with Crippen molar-refractivity contribution in [2.24, 2.45) is 0 Å². The summed E-state index contributed by atoms with van der Waals surface area (Å²) in [5, 5.41) is 9.22. The van der Waals surface area contributed by atoms with E-state index in [-0.39, 0.29) is 17.3 Å². The van der Waals surface area contributed by atoms with Crippen LogP contribution in [0.15, 0.2) is 23.1 Å². The fourth-order valence-corrected chi connectivity index (χ4v) is 2.30. The summed E-state index contributed by atoms with van der Waals surface area (Å²) in [6.07, 6.45) is -3.56. The third-order valence-corrected chi connectivity index (χ3v) is 3.47. The van der Waals surface area contributed by atoms with Crippen molar-refractivity contribution in [1.29, 1.82) is 0 Å². The fourth-order valence-electron chi connectivity index (χ4n) is 2.30. The van der Waals surface area contributed by atoms with Crippen molar-refractivity contribution >= 4 is 11.7 Å². The number of hydrogen-bond acceptors (Lipinski definition) is 3. The first-order valence-electron chi connectivity index (χ1n) is 7.22. The molecule has 0 fully saturated rings. The number of alkyl halides is 3. The molecule has 0 saturated heterocycles. The second kappa shape index (κ2) is 6.50. The van der Waals surface area contributed by atoms with Gasteiger partial charge < -0.3 is 9.88 Å². The van der Waals surface area contributed by atoms with Crippen LogP contribution in [0.4, 0.5) is 19.0 Å². The fraction of sp³-hybridized carbons (Fsp3) is 0.400. The van der Waals surface area contributed by atoms with Gasteiger partial charge in [-0.2, -0.15) is 18.3 Å². The zero-order valence-electron chi connectivity index (χ0n) is 13.4. The average molecular weight is 342 g/mol. The van der Waals surface area contributed by atoms with Crippen LogP contribution in [0, 0.1) is 6.92 Å². The molecule has 6 nitrogen and oxygen atoms in total. The number of nitrogens with one attached hydrogen (secondary N) is 2. The molecule has 2 N–H and O–H groups in total. The molecule has 1 amide bonds. The van der Waals surface area contributed by atoms with E-state index in [1.165, 1.54) is 12.1 Å². The summed E-state index contributed by atoms with van der Waals surface area (Å²) >= 11 is 0. The number of hydrogen-bond donors (Lipinski definition) is 2. The van der Waals surface area contributed by atoms with Gasteiger partial charge in [0.1, 0.15) is 12.1 Å². The van der Waals surface area contributed by atoms with E-state index >= 15 is 0 Å². The molecule has 0 bridgehead atoms. The summed E-state index contributed by atoms with van der Waals surface area (Å²) in [6, 6.07) is 2.40. The van der Waals surface area contributed by atoms with Gasteiger partial charge in [0, 0.05) is 17.5 Å². The second-order valence-corrected chi connectivity index (χ2v) is 5.69. The van der Waals surface area contributed by atoms with Gasteiger partial charge in [-0.15, -0.1) is 0 Å². The lowest BCUT2D eigenvalue weighted by molar-refractivity contribution is -0.141. The average Bonchev–Trinajstić information content (AvgIpc) is 2.81. The molecule has 0 unspecified atom stereocenters. The van der Waals surface area contributed by atoms with E-state index in [9.17, 15) is 22.8 Å². The van der Waals surface area contributed by atoms with E-state index in [1.54, 1.807) is 6.92 Å². The summed E-state index contributed by atoms with van der Waals surface area (Å²) in [4.78, 5) is 24.3. The predicted octanol–water partition coefficient (Wildman–Crippen LogP) is 2.82. The topological polar surface area (TPSA) is 79.8 Å². The number of anilines is 1. The molecule has 0 spiro atoms. The number of nitrogens with zero attached hydrogens (tertiary/aromatic N) is 2. The molecule has 0 atom stereocenters. The van der Waals surface area contributed by atoms with E-state index < -0.39 is 24.2 Å². The highest BCUT2D eigenvalue weighted by molar-refractivity contribution is 6.03. The van der Waals surface area contributed by atoms with Crippen LogP contribution in [-0.4, -0.2) is 26.8 Å². The Bertz CT molecular complexity index is 806. The first-order chi connectivity index (χ1) is 11.1. The molecular formula is C15H17F3N4O2. The lowest BCUT2D eigenvalue weighted by atomic mass is 10.1. The van der Waals surface area contributed by atoms with E-state index in [0.29, 0.717) is 10.1 Å². The Hall–Kier alpha value is -2.58. The standard InChI is InChI=1S/C15H17F3N4O2/c1-8(2)11-9(3)12(21-20-11)19-13(23)10-5-4-6-22(14(10)24)7-15(16,17)18/h4-6,8H,7H2,1-3H3,(H2,19,20,21,23). The maximum absolute atomic E-state index is 12.5. The van der Waals surface area contributed by atoms with Crippen molar-refractivity contribution < 1.29 is 18.0 Å². The van der Waals surface area contributed by atoms with E-state index in [0.717, 1.165) is 11.9 Å². The maximum atomic E-state index is 12.5. The number of rotatable bonds is 4. The van der Waals surface area contributed by atoms with Gasteiger partial charge in [0.15, 0.2) is 5.82 Å². The van der Waals surface area contributed by atoms with Crippen molar-refractivity contribution in [3.05, 3.63) is 45.5 Å². The maximum Gasteiger partial charge on any atom is 0.406 e. The number of aromatic amines is 1. The highest BCUT2D eigenvalue weighted by Gasteiger charge is 2.29. The third-order valence-electron chi connectivity index (χ3n) is 3.47. The molecule has 0 radical (unpaired) electrons. The van der Waals surface area contributed by atoms with Gasteiger partial charge >= 0.3 is 6.18 Å². The zero-order valence-corrected chi connectivity index (χ0v) is 13.4. The number of carbonyl (C=O) groups excluding carboxylic acids is 1. The number of H-pyrrole nitrogens is 1. The molecule has 130 valence electrons. The van der Waals surface area contributed by atoms with Crippen molar-refractivity contribution in [2.75, 3.05) is 5.32 Å². The molecule has 2 aromatic rings. The molecule has 0 aliphatic rings. The smallest absolute Gasteiger partial charge is 0.306 e. The molecule has 2 rings (SSSR count). The Kier molecular flexibility index (Phi) is 4.81. The molecule has 9 heteroatoms. The molecule has 2 heterocycles. The summed E-state index contributed by atoms with van der Waals surface area (Å²) in [6.45, 7) is 4.19. The Morgan fingerprint density at radius 1 is 1.42 bits per heavy atom. The number of amides is 1. The monoisotopic (exact) mass is 342 g/mol. The van der Waals surface area contributed by atoms with Gasteiger partial charge in [0.05, 0.1) is 0 Å². The first-order valence-corrected chi connectivity index (χ1v) is 7.22. The van der Waals surface area contributed by atoms with Crippen LogP contribution < -0.4 is 10.9 Å². The quantitative estimate of drug-likeness (QED) is 0.897. The van der Waals surface area contributed by atoms with Gasteiger partial charge in [-0.05, 0) is 25.0 Å². The zero-order chi connectivity index (χ0) is 18.1. The number of pyridine rings is 1. The van der Waals surface area contributed by atoms with Crippen molar-refractivity contribution in [1.82, 2.24) is 14.8 Å². The van der Waals surface area contributed by atoms with E-state index in [1.807, 2.05) is 13.8 Å². The largest absolute Gasteiger partial charge is 0.406 e. The third kappa shape index (κ3) is 3.84. The first kappa shape index (κ1) is 17.8. The van der Waals surface area contributed by atoms with E-state index in [2.05, 4.69) is 15.5 Å². The minimum atomic E-state index is -4.55. The molecular weight excluding hydrogens is 325 g/mol. The second-order valence-electron chi connectivity index (χ2n) is 5.69.